The average Bonchev–Trinajstić information content (AvgIpc) is 2.39. The highest BCUT2D eigenvalue weighted by molar-refractivity contribution is 5.83. The van der Waals surface area contributed by atoms with Crippen molar-refractivity contribution in [2.24, 2.45) is 0 Å². The number of ether oxygens (including phenoxy) is 1. The van der Waals surface area contributed by atoms with Crippen molar-refractivity contribution in [3.63, 3.8) is 0 Å². The van der Waals surface area contributed by atoms with Gasteiger partial charge in [-0.2, -0.15) is 0 Å². The highest BCUT2D eigenvalue weighted by Gasteiger charge is 2.36. The van der Waals surface area contributed by atoms with Crippen molar-refractivity contribution in [3.05, 3.63) is 0 Å². The number of carboxylic acids is 1. The molecule has 6 heteroatoms. The van der Waals surface area contributed by atoms with Crippen LogP contribution >= 0.6 is 0 Å². The third kappa shape index (κ3) is 3.20. The summed E-state index contributed by atoms with van der Waals surface area (Å²) in [4.78, 5) is 26.8. The fourth-order valence-corrected chi connectivity index (χ4v) is 2.23. The van der Waals surface area contributed by atoms with Crippen LogP contribution in [0, 0.1) is 0 Å². The van der Waals surface area contributed by atoms with Crippen molar-refractivity contribution in [1.29, 1.82) is 0 Å². The van der Waals surface area contributed by atoms with Crippen molar-refractivity contribution < 1.29 is 19.4 Å². The minimum Gasteiger partial charge on any atom is -0.480 e. The number of aliphatic carboxylic acids is 1. The van der Waals surface area contributed by atoms with Crippen LogP contribution in [0.1, 0.15) is 20.8 Å². The van der Waals surface area contributed by atoms with E-state index in [1.54, 1.807) is 16.7 Å². The molecule has 0 saturated carbocycles. The Bertz CT molecular complexity index is 304. The molecule has 0 bridgehead atoms. The molecule has 2 atom stereocenters. The van der Waals surface area contributed by atoms with E-state index in [4.69, 9.17) is 9.84 Å². The van der Waals surface area contributed by atoms with Gasteiger partial charge in [0.25, 0.3) is 0 Å². The van der Waals surface area contributed by atoms with Crippen LogP contribution in [0.3, 0.4) is 0 Å². The summed E-state index contributed by atoms with van der Waals surface area (Å²) < 4.78 is 5.17. The van der Waals surface area contributed by atoms with Gasteiger partial charge in [0.1, 0.15) is 6.04 Å². The second kappa shape index (κ2) is 6.70. The number of rotatable bonds is 5. The maximum absolute atomic E-state index is 12.2. The Morgan fingerprint density at radius 2 is 2.06 bits per heavy atom. The summed E-state index contributed by atoms with van der Waals surface area (Å²) >= 11 is 0. The molecule has 1 saturated heterocycles. The third-order valence-electron chi connectivity index (χ3n) is 3.38. The Morgan fingerprint density at radius 1 is 1.44 bits per heavy atom. The van der Waals surface area contributed by atoms with Gasteiger partial charge >= 0.3 is 5.97 Å². The van der Waals surface area contributed by atoms with Gasteiger partial charge in [0.05, 0.1) is 19.3 Å². The molecule has 0 aromatic carbocycles. The van der Waals surface area contributed by atoms with Gasteiger partial charge in [0.2, 0.25) is 5.91 Å². The van der Waals surface area contributed by atoms with E-state index >= 15 is 0 Å². The molecule has 1 amide bonds. The Hall–Kier alpha value is -1.14. The topological polar surface area (TPSA) is 70.1 Å². The fourth-order valence-electron chi connectivity index (χ4n) is 2.23. The van der Waals surface area contributed by atoms with E-state index in [1.807, 2.05) is 13.8 Å². The summed E-state index contributed by atoms with van der Waals surface area (Å²) in [5.41, 5.74) is 0. The maximum atomic E-state index is 12.2. The Labute approximate surface area is 107 Å². The highest BCUT2D eigenvalue weighted by atomic mass is 16.5. The van der Waals surface area contributed by atoms with E-state index < -0.39 is 18.1 Å². The molecular formula is C12H22N2O4. The van der Waals surface area contributed by atoms with Crippen LogP contribution in [-0.4, -0.2) is 71.7 Å². The van der Waals surface area contributed by atoms with Gasteiger partial charge in [-0.25, -0.2) is 0 Å². The summed E-state index contributed by atoms with van der Waals surface area (Å²) in [7, 11) is 0. The normalized spacial score (nSPS) is 22.5. The molecule has 104 valence electrons. The van der Waals surface area contributed by atoms with Gasteiger partial charge in [-0.1, -0.05) is 0 Å². The molecule has 1 rings (SSSR count). The lowest BCUT2D eigenvalue weighted by atomic mass is 10.1. The predicted molar refractivity (Wildman–Crippen MR) is 66.3 cm³/mol. The van der Waals surface area contributed by atoms with Crippen molar-refractivity contribution >= 4 is 11.9 Å². The van der Waals surface area contributed by atoms with Gasteiger partial charge in [0.15, 0.2) is 0 Å². The molecule has 1 fully saturated rings. The lowest BCUT2D eigenvalue weighted by Gasteiger charge is -2.38. The van der Waals surface area contributed by atoms with E-state index in [-0.39, 0.29) is 12.5 Å². The van der Waals surface area contributed by atoms with Gasteiger partial charge in [-0.05, 0) is 20.8 Å². The summed E-state index contributed by atoms with van der Waals surface area (Å²) in [5, 5.41) is 9.15. The average molecular weight is 258 g/mol. The molecule has 0 aromatic rings. The maximum Gasteiger partial charge on any atom is 0.323 e. The van der Waals surface area contributed by atoms with Crippen LogP contribution in [0.15, 0.2) is 0 Å². The quantitative estimate of drug-likeness (QED) is 0.753. The molecule has 0 aromatic heterocycles. The van der Waals surface area contributed by atoms with Crippen LogP contribution < -0.4 is 0 Å². The molecular weight excluding hydrogens is 236 g/mol. The molecule has 6 nitrogen and oxygen atoms in total. The first-order valence-electron chi connectivity index (χ1n) is 6.38. The highest BCUT2D eigenvalue weighted by Crippen LogP contribution is 2.13. The Kier molecular flexibility index (Phi) is 5.55. The SMILES string of the molecule is CCN(CC)C(=O)C(C)N1CCOCC1C(=O)O. The van der Waals surface area contributed by atoms with Gasteiger partial charge in [0, 0.05) is 19.6 Å². The molecule has 1 heterocycles. The van der Waals surface area contributed by atoms with Crippen LogP contribution in [0.5, 0.6) is 0 Å². The second-order valence-electron chi connectivity index (χ2n) is 4.35. The number of carboxylic acid groups (broad SMARTS) is 1. The van der Waals surface area contributed by atoms with Gasteiger partial charge in [-0.15, -0.1) is 0 Å². The van der Waals surface area contributed by atoms with Crippen molar-refractivity contribution in [2.75, 3.05) is 32.8 Å². The molecule has 1 aliphatic rings. The number of likely N-dealkylation sites (N-methyl/N-ethyl adjacent to an activating group) is 1. The lowest BCUT2D eigenvalue weighted by Crippen LogP contribution is -2.58. The summed E-state index contributed by atoms with van der Waals surface area (Å²) in [6.07, 6.45) is 0. The first kappa shape index (κ1) is 14.9. The molecule has 18 heavy (non-hydrogen) atoms. The van der Waals surface area contributed by atoms with E-state index in [0.29, 0.717) is 26.2 Å². The number of carbonyl (C=O) groups is 2. The van der Waals surface area contributed by atoms with Gasteiger partial charge in [-0.3, -0.25) is 14.5 Å². The number of hydrogen-bond acceptors (Lipinski definition) is 4. The van der Waals surface area contributed by atoms with Crippen molar-refractivity contribution in [2.45, 2.75) is 32.9 Å². The Morgan fingerprint density at radius 3 is 2.56 bits per heavy atom. The van der Waals surface area contributed by atoms with E-state index in [1.165, 1.54) is 0 Å². The largest absolute Gasteiger partial charge is 0.480 e. The van der Waals surface area contributed by atoms with Crippen LogP contribution in [-0.2, 0) is 14.3 Å². The first-order chi connectivity index (χ1) is 8.52. The number of morpholine rings is 1. The number of amides is 1. The Balaban J connectivity index is 2.76. The minimum absolute atomic E-state index is 0.0202. The molecule has 0 aliphatic carbocycles. The monoisotopic (exact) mass is 258 g/mol. The smallest absolute Gasteiger partial charge is 0.323 e. The van der Waals surface area contributed by atoms with Gasteiger partial charge < -0.3 is 14.7 Å². The number of nitrogens with zero attached hydrogens (tertiary/aromatic N) is 2. The third-order valence-corrected chi connectivity index (χ3v) is 3.38. The predicted octanol–water partition coefficient (Wildman–Crippen LogP) is 0.0287. The van der Waals surface area contributed by atoms with Crippen LogP contribution in [0.4, 0.5) is 0 Å². The zero-order valence-electron chi connectivity index (χ0n) is 11.3. The van der Waals surface area contributed by atoms with Crippen LogP contribution in [0.2, 0.25) is 0 Å². The molecule has 2 unspecified atom stereocenters. The van der Waals surface area contributed by atoms with E-state index in [0.717, 1.165) is 0 Å². The van der Waals surface area contributed by atoms with E-state index in [9.17, 15) is 9.59 Å². The fraction of sp³-hybridized carbons (Fsp3) is 0.833. The van der Waals surface area contributed by atoms with E-state index in [2.05, 4.69) is 0 Å². The summed E-state index contributed by atoms with van der Waals surface area (Å²) in [5.74, 6) is -0.956. The van der Waals surface area contributed by atoms with Crippen molar-refractivity contribution in [3.8, 4) is 0 Å². The lowest BCUT2D eigenvalue weighted by molar-refractivity contribution is -0.155. The molecule has 1 N–H and O–H groups in total. The summed E-state index contributed by atoms with van der Waals surface area (Å²) in [6, 6.07) is -1.15. The minimum atomic E-state index is -0.936. The zero-order valence-corrected chi connectivity index (χ0v) is 11.3. The standard InChI is InChI=1S/C12H22N2O4/c1-4-13(5-2)11(15)9(3)14-6-7-18-8-10(14)12(16)17/h9-10H,4-8H2,1-3H3,(H,16,17). The summed E-state index contributed by atoms with van der Waals surface area (Å²) in [6.45, 7) is 7.98. The number of hydrogen-bond donors (Lipinski definition) is 1. The number of carbonyl (C=O) groups excluding carboxylic acids is 1. The van der Waals surface area contributed by atoms with Crippen molar-refractivity contribution in [1.82, 2.24) is 9.80 Å². The molecule has 1 aliphatic heterocycles. The first-order valence-corrected chi connectivity index (χ1v) is 6.38. The zero-order chi connectivity index (χ0) is 13.7. The second-order valence-corrected chi connectivity index (χ2v) is 4.35. The molecule has 0 spiro atoms. The van der Waals surface area contributed by atoms with Crippen LogP contribution in [0.25, 0.3) is 0 Å². The molecule has 0 radical (unpaired) electrons.